The highest BCUT2D eigenvalue weighted by atomic mass is 16.5. The molecule has 0 aliphatic carbocycles. The van der Waals surface area contributed by atoms with E-state index >= 15 is 0 Å². The van der Waals surface area contributed by atoms with Crippen LogP contribution in [0, 0.1) is 0 Å². The molecule has 0 unspecified atom stereocenters. The number of methoxy groups -OCH3 is 1. The van der Waals surface area contributed by atoms with Gasteiger partial charge in [0.05, 0.1) is 43.7 Å². The van der Waals surface area contributed by atoms with Gasteiger partial charge in [0.2, 0.25) is 5.95 Å². The Morgan fingerprint density at radius 1 is 1.22 bits per heavy atom. The Bertz CT molecular complexity index is 1040. The number of aromatic nitrogens is 6. The molecule has 1 aromatic carbocycles. The summed E-state index contributed by atoms with van der Waals surface area (Å²) in [7, 11) is 1.54. The fourth-order valence-corrected chi connectivity index (χ4v) is 2.85. The largest absolute Gasteiger partial charge is 0.478 e. The monoisotopic (exact) mass is 365 g/mol. The number of nitrogens with zero attached hydrogens (tertiary/aromatic N) is 5. The van der Waals surface area contributed by atoms with E-state index in [0.717, 1.165) is 16.6 Å². The third-order valence-corrected chi connectivity index (χ3v) is 4.10. The average Bonchev–Trinajstić information content (AvgIpc) is 3.30. The number of benzene rings is 1. The van der Waals surface area contributed by atoms with Gasteiger partial charge < -0.3 is 15.2 Å². The highest BCUT2D eigenvalue weighted by Gasteiger charge is 2.14. The van der Waals surface area contributed by atoms with Crippen LogP contribution in [0.2, 0.25) is 0 Å². The predicted molar refractivity (Wildman–Crippen MR) is 100 cm³/mol. The van der Waals surface area contributed by atoms with E-state index in [-0.39, 0.29) is 6.61 Å². The van der Waals surface area contributed by atoms with Crippen molar-refractivity contribution in [2.45, 2.75) is 13.0 Å². The first-order valence-electron chi connectivity index (χ1n) is 8.50. The van der Waals surface area contributed by atoms with Crippen LogP contribution in [0.1, 0.15) is 11.3 Å². The maximum absolute atomic E-state index is 9.10. The second-order valence-corrected chi connectivity index (χ2v) is 5.95. The van der Waals surface area contributed by atoms with Gasteiger partial charge in [0, 0.05) is 6.42 Å². The molecule has 3 heterocycles. The lowest BCUT2D eigenvalue weighted by Gasteiger charge is -2.07. The Balaban J connectivity index is 1.68. The Labute approximate surface area is 155 Å². The lowest BCUT2D eigenvalue weighted by Crippen LogP contribution is -2.03. The van der Waals surface area contributed by atoms with Crippen molar-refractivity contribution in [2.75, 3.05) is 19.0 Å². The van der Waals surface area contributed by atoms with Gasteiger partial charge in [-0.05, 0) is 5.56 Å². The number of aliphatic hydroxyl groups excluding tert-OH is 1. The molecule has 0 spiro atoms. The van der Waals surface area contributed by atoms with Gasteiger partial charge in [-0.15, -0.1) is 5.10 Å². The molecular formula is C18H19N7O2. The van der Waals surface area contributed by atoms with Gasteiger partial charge in [-0.25, -0.2) is 4.98 Å². The minimum Gasteiger partial charge on any atom is -0.478 e. The van der Waals surface area contributed by atoms with Gasteiger partial charge in [0.15, 0.2) is 5.65 Å². The van der Waals surface area contributed by atoms with Gasteiger partial charge in [0.25, 0.3) is 5.88 Å². The van der Waals surface area contributed by atoms with Crippen molar-refractivity contribution < 1.29 is 9.84 Å². The third kappa shape index (κ3) is 3.58. The minimum atomic E-state index is -0.0118. The summed E-state index contributed by atoms with van der Waals surface area (Å²) in [6, 6.07) is 10.1. The SMILES string of the molecule is COc1nn(CCO)cc1Nc1nc(Cc2ccccc2)c2cn[nH]c2n1. The van der Waals surface area contributed by atoms with E-state index < -0.39 is 0 Å². The van der Waals surface area contributed by atoms with E-state index in [1.807, 2.05) is 18.2 Å². The smallest absolute Gasteiger partial charge is 0.256 e. The highest BCUT2D eigenvalue weighted by molar-refractivity contribution is 5.78. The van der Waals surface area contributed by atoms with Crippen molar-refractivity contribution >= 4 is 22.7 Å². The maximum Gasteiger partial charge on any atom is 0.256 e. The zero-order valence-corrected chi connectivity index (χ0v) is 14.8. The molecule has 0 bridgehead atoms. The van der Waals surface area contributed by atoms with E-state index in [4.69, 9.17) is 9.84 Å². The van der Waals surface area contributed by atoms with Crippen LogP contribution in [-0.4, -0.2) is 48.8 Å². The Kier molecular flexibility index (Phi) is 4.67. The Hall–Kier alpha value is -3.46. The average molecular weight is 365 g/mol. The summed E-state index contributed by atoms with van der Waals surface area (Å²) in [5.74, 6) is 0.820. The first-order valence-corrected chi connectivity index (χ1v) is 8.50. The van der Waals surface area contributed by atoms with Gasteiger partial charge in [0.1, 0.15) is 5.69 Å². The molecule has 3 N–H and O–H groups in total. The number of H-pyrrole nitrogens is 1. The summed E-state index contributed by atoms with van der Waals surface area (Å²) in [5, 5.41) is 24.4. The van der Waals surface area contributed by atoms with Crippen LogP contribution in [0.3, 0.4) is 0 Å². The zero-order valence-electron chi connectivity index (χ0n) is 14.8. The molecule has 4 aromatic rings. The first-order chi connectivity index (χ1) is 13.3. The molecule has 9 nitrogen and oxygen atoms in total. The van der Waals surface area contributed by atoms with Gasteiger partial charge in [-0.1, -0.05) is 30.3 Å². The molecular weight excluding hydrogens is 346 g/mol. The lowest BCUT2D eigenvalue weighted by atomic mass is 10.1. The minimum absolute atomic E-state index is 0.0118. The number of fused-ring (bicyclic) bond motifs is 1. The summed E-state index contributed by atoms with van der Waals surface area (Å²) in [5.41, 5.74) is 3.29. The zero-order chi connectivity index (χ0) is 18.6. The standard InChI is InChI=1S/C18H19N7O2/c1-27-17-15(11-25(24-17)7-8-26)21-18-20-14(9-12-5-3-2-4-6-12)13-10-19-23-16(13)22-18/h2-6,10-11,26H,7-9H2,1H3,(H2,19,20,21,22,23). The molecule has 0 atom stereocenters. The highest BCUT2D eigenvalue weighted by Crippen LogP contribution is 2.26. The Morgan fingerprint density at radius 2 is 2.07 bits per heavy atom. The second kappa shape index (κ2) is 7.42. The molecule has 0 amide bonds. The molecule has 3 aromatic heterocycles. The molecule has 0 fully saturated rings. The second-order valence-electron chi connectivity index (χ2n) is 5.95. The molecule has 4 rings (SSSR count). The summed E-state index contributed by atoms with van der Waals surface area (Å²) in [4.78, 5) is 9.15. The molecule has 9 heteroatoms. The topological polar surface area (TPSA) is 114 Å². The normalized spacial score (nSPS) is 11.0. The van der Waals surface area contributed by atoms with Gasteiger partial charge >= 0.3 is 0 Å². The van der Waals surface area contributed by atoms with Crippen LogP contribution >= 0.6 is 0 Å². The number of aliphatic hydroxyl groups is 1. The molecule has 0 radical (unpaired) electrons. The van der Waals surface area contributed by atoms with E-state index in [2.05, 4.69) is 42.7 Å². The number of aromatic amines is 1. The number of rotatable bonds is 7. The maximum atomic E-state index is 9.10. The fourth-order valence-electron chi connectivity index (χ4n) is 2.85. The van der Waals surface area contributed by atoms with Crippen LogP contribution in [0.25, 0.3) is 11.0 Å². The van der Waals surface area contributed by atoms with Gasteiger partial charge in [-0.2, -0.15) is 10.1 Å². The number of hydrogen-bond donors (Lipinski definition) is 3. The van der Waals surface area contributed by atoms with Crippen LogP contribution in [0.4, 0.5) is 11.6 Å². The van der Waals surface area contributed by atoms with E-state index in [1.54, 1.807) is 17.1 Å². The first kappa shape index (κ1) is 17.0. The number of nitrogens with one attached hydrogen (secondary N) is 2. The molecule has 0 saturated heterocycles. The summed E-state index contributed by atoms with van der Waals surface area (Å²) in [6.07, 6.45) is 4.14. The van der Waals surface area contributed by atoms with Crippen LogP contribution in [0.5, 0.6) is 5.88 Å². The van der Waals surface area contributed by atoms with Crippen molar-refractivity contribution in [3.63, 3.8) is 0 Å². The summed E-state index contributed by atoms with van der Waals surface area (Å²) >= 11 is 0. The third-order valence-electron chi connectivity index (χ3n) is 4.10. The Morgan fingerprint density at radius 3 is 2.85 bits per heavy atom. The molecule has 0 aliphatic rings. The predicted octanol–water partition coefficient (Wildman–Crippen LogP) is 1.88. The van der Waals surface area contributed by atoms with Crippen molar-refractivity contribution in [1.82, 2.24) is 29.9 Å². The fraction of sp³-hybridized carbons (Fsp3) is 0.222. The van der Waals surface area contributed by atoms with E-state index in [1.165, 1.54) is 7.11 Å². The summed E-state index contributed by atoms with van der Waals surface area (Å²) in [6.45, 7) is 0.361. The molecule has 138 valence electrons. The lowest BCUT2D eigenvalue weighted by molar-refractivity contribution is 0.267. The number of hydrogen-bond acceptors (Lipinski definition) is 7. The van der Waals surface area contributed by atoms with Crippen LogP contribution < -0.4 is 10.1 Å². The number of ether oxygens (including phenoxy) is 1. The molecule has 27 heavy (non-hydrogen) atoms. The molecule has 0 aliphatic heterocycles. The van der Waals surface area contributed by atoms with E-state index in [9.17, 15) is 0 Å². The van der Waals surface area contributed by atoms with Crippen molar-refractivity contribution in [1.29, 1.82) is 0 Å². The number of anilines is 2. The quantitative estimate of drug-likeness (QED) is 0.458. The van der Waals surface area contributed by atoms with Gasteiger partial charge in [-0.3, -0.25) is 9.78 Å². The van der Waals surface area contributed by atoms with E-state index in [0.29, 0.717) is 36.1 Å². The van der Waals surface area contributed by atoms with Crippen molar-refractivity contribution in [3.8, 4) is 5.88 Å². The van der Waals surface area contributed by atoms with Crippen molar-refractivity contribution in [3.05, 3.63) is 54.0 Å². The van der Waals surface area contributed by atoms with Crippen LogP contribution in [-0.2, 0) is 13.0 Å². The summed E-state index contributed by atoms with van der Waals surface area (Å²) < 4.78 is 6.89. The molecule has 0 saturated carbocycles. The van der Waals surface area contributed by atoms with Crippen molar-refractivity contribution in [2.24, 2.45) is 0 Å². The van der Waals surface area contributed by atoms with Crippen LogP contribution in [0.15, 0.2) is 42.7 Å².